The van der Waals surface area contributed by atoms with Gasteiger partial charge in [-0.2, -0.15) is 0 Å². The van der Waals surface area contributed by atoms with Crippen LogP contribution in [0, 0.1) is 5.92 Å². The number of halogens is 2. The Labute approximate surface area is 167 Å². The fourth-order valence-electron chi connectivity index (χ4n) is 3.53. The zero-order valence-electron chi connectivity index (χ0n) is 17.5. The lowest BCUT2D eigenvalue weighted by molar-refractivity contribution is -0.142. The number of aliphatic hydroxyl groups is 1. The second-order valence-corrected chi connectivity index (χ2v) is 7.57. The van der Waals surface area contributed by atoms with Gasteiger partial charge in [0.05, 0.1) is 12.2 Å². The zero-order valence-corrected chi connectivity index (χ0v) is 17.5. The Morgan fingerprint density at radius 2 is 1.71 bits per heavy atom. The van der Waals surface area contributed by atoms with Crippen molar-refractivity contribution < 1.29 is 28.2 Å². The molecule has 8 heteroatoms. The van der Waals surface area contributed by atoms with Gasteiger partial charge < -0.3 is 20.1 Å². The Hall–Kier alpha value is -1.28. The minimum absolute atomic E-state index is 0.0512. The average molecular weight is 407 g/mol. The molecule has 0 aromatic heterocycles. The van der Waals surface area contributed by atoms with E-state index < -0.39 is 24.2 Å². The van der Waals surface area contributed by atoms with Crippen molar-refractivity contribution in [2.75, 3.05) is 19.7 Å². The molecule has 0 spiro atoms. The van der Waals surface area contributed by atoms with E-state index in [-0.39, 0.29) is 30.6 Å². The Bertz CT molecular complexity index is 487. The molecule has 28 heavy (non-hydrogen) atoms. The van der Waals surface area contributed by atoms with E-state index in [2.05, 4.69) is 5.32 Å². The summed E-state index contributed by atoms with van der Waals surface area (Å²) < 4.78 is 32.3. The molecule has 164 valence electrons. The van der Waals surface area contributed by atoms with Crippen molar-refractivity contribution >= 4 is 11.8 Å². The minimum Gasteiger partial charge on any atom is -0.393 e. The van der Waals surface area contributed by atoms with E-state index in [1.54, 1.807) is 11.8 Å². The first-order chi connectivity index (χ1) is 13.2. The number of nitrogens with one attached hydrogen (secondary N) is 1. The van der Waals surface area contributed by atoms with E-state index >= 15 is 0 Å². The van der Waals surface area contributed by atoms with Crippen molar-refractivity contribution in [2.24, 2.45) is 5.92 Å². The number of ether oxygens (including phenoxy) is 1. The van der Waals surface area contributed by atoms with Crippen LogP contribution in [0.4, 0.5) is 8.78 Å². The summed E-state index contributed by atoms with van der Waals surface area (Å²) in [6, 6.07) is -0.812. The van der Waals surface area contributed by atoms with Crippen molar-refractivity contribution in [3.63, 3.8) is 0 Å². The first kappa shape index (κ1) is 24.8. The third kappa shape index (κ3) is 7.99. The van der Waals surface area contributed by atoms with Gasteiger partial charge in [0, 0.05) is 39.5 Å². The number of carbonyl (C=O) groups is 2. The lowest BCUT2D eigenvalue weighted by Crippen LogP contribution is -2.55. The molecule has 2 atom stereocenters. The molecule has 1 aliphatic carbocycles. The molecule has 1 aliphatic heterocycles. The van der Waals surface area contributed by atoms with E-state index in [4.69, 9.17) is 4.74 Å². The van der Waals surface area contributed by atoms with E-state index in [1.807, 2.05) is 13.8 Å². The molecule has 2 N–H and O–H groups in total. The normalized spacial score (nSPS) is 22.6. The molecule has 0 aromatic rings. The summed E-state index contributed by atoms with van der Waals surface area (Å²) in [5, 5.41) is 12.2. The minimum atomic E-state index is -2.57. The Morgan fingerprint density at radius 1 is 1.18 bits per heavy atom. The summed E-state index contributed by atoms with van der Waals surface area (Å²) in [5.74, 6) is -3.08. The van der Waals surface area contributed by atoms with Gasteiger partial charge in [-0.3, -0.25) is 9.59 Å². The number of hydrogen-bond donors (Lipinski definition) is 2. The maximum Gasteiger partial charge on any atom is 0.248 e. The third-order valence-electron chi connectivity index (χ3n) is 5.30. The zero-order chi connectivity index (χ0) is 21.3. The number of nitrogens with zero attached hydrogens (tertiary/aromatic N) is 1. The van der Waals surface area contributed by atoms with Crippen LogP contribution in [-0.2, 0) is 14.3 Å². The molecule has 2 aliphatic rings. The van der Waals surface area contributed by atoms with Crippen molar-refractivity contribution in [1.82, 2.24) is 10.2 Å². The number of aliphatic hydroxyl groups excluding tert-OH is 1. The number of likely N-dealkylation sites (tertiary alicyclic amines) is 1. The quantitative estimate of drug-likeness (QED) is 0.711. The summed E-state index contributed by atoms with van der Waals surface area (Å²) >= 11 is 0. The highest BCUT2D eigenvalue weighted by Crippen LogP contribution is 2.36. The molecule has 0 bridgehead atoms. The second kappa shape index (κ2) is 11.7. The molecule has 1 saturated heterocycles. The monoisotopic (exact) mass is 406 g/mol. The third-order valence-corrected chi connectivity index (χ3v) is 5.30. The number of piperidine rings is 1. The van der Waals surface area contributed by atoms with E-state index in [0.717, 1.165) is 0 Å². The molecule has 2 rings (SSSR count). The number of rotatable bonds is 6. The Morgan fingerprint density at radius 3 is 2.21 bits per heavy atom. The lowest BCUT2D eigenvalue weighted by atomic mass is 9.87. The summed E-state index contributed by atoms with van der Waals surface area (Å²) in [6.07, 6.45) is 0.648. The SMILES string of the molecule is CC.CC(=O)NC(C(=O)N1CCC(O)CC1)C(C)OCC1CCC(F)(F)CC1. The van der Waals surface area contributed by atoms with Crippen LogP contribution in [0.15, 0.2) is 0 Å². The van der Waals surface area contributed by atoms with Crippen molar-refractivity contribution in [3.8, 4) is 0 Å². The van der Waals surface area contributed by atoms with Crippen LogP contribution in [-0.4, -0.2) is 65.7 Å². The maximum absolute atomic E-state index is 13.2. The number of alkyl halides is 2. The van der Waals surface area contributed by atoms with Gasteiger partial charge >= 0.3 is 0 Å². The van der Waals surface area contributed by atoms with E-state index in [1.165, 1.54) is 6.92 Å². The molecular formula is C20H36F2N2O4. The van der Waals surface area contributed by atoms with Gasteiger partial charge in [-0.1, -0.05) is 13.8 Å². The highest BCUT2D eigenvalue weighted by molar-refractivity contribution is 5.87. The van der Waals surface area contributed by atoms with Crippen LogP contribution in [0.2, 0.25) is 0 Å². The average Bonchev–Trinajstić information content (AvgIpc) is 2.66. The maximum atomic E-state index is 13.2. The van der Waals surface area contributed by atoms with E-state index in [9.17, 15) is 23.5 Å². The van der Waals surface area contributed by atoms with Crippen LogP contribution < -0.4 is 5.32 Å². The standard InChI is InChI=1S/C18H30F2N2O4.C2H6/c1-12(26-11-14-3-7-18(19,20)8-4-14)16(21-13(2)23)17(25)22-9-5-15(24)6-10-22;1-2/h12,14-16,24H,3-11H2,1-2H3,(H,21,23);1-2H3. The highest BCUT2D eigenvalue weighted by Gasteiger charge is 2.36. The second-order valence-electron chi connectivity index (χ2n) is 7.57. The number of carbonyl (C=O) groups excluding carboxylic acids is 2. The predicted molar refractivity (Wildman–Crippen MR) is 103 cm³/mol. The summed E-state index contributed by atoms with van der Waals surface area (Å²) in [6.45, 7) is 8.26. The molecule has 2 unspecified atom stereocenters. The summed E-state index contributed by atoms with van der Waals surface area (Å²) in [4.78, 5) is 25.9. The van der Waals surface area contributed by atoms with Gasteiger partial charge in [-0.25, -0.2) is 8.78 Å². The number of amides is 2. The van der Waals surface area contributed by atoms with Crippen LogP contribution in [0.25, 0.3) is 0 Å². The van der Waals surface area contributed by atoms with Gasteiger partial charge in [0.25, 0.3) is 0 Å². The molecule has 0 aromatic carbocycles. The van der Waals surface area contributed by atoms with E-state index in [0.29, 0.717) is 45.4 Å². The van der Waals surface area contributed by atoms with Crippen LogP contribution in [0.3, 0.4) is 0 Å². The molecule has 2 amide bonds. The van der Waals surface area contributed by atoms with Gasteiger partial charge in [0.15, 0.2) is 0 Å². The summed E-state index contributed by atoms with van der Waals surface area (Å²) in [7, 11) is 0. The van der Waals surface area contributed by atoms with Crippen molar-refractivity contribution in [3.05, 3.63) is 0 Å². The highest BCUT2D eigenvalue weighted by atomic mass is 19.3. The van der Waals surface area contributed by atoms with Crippen molar-refractivity contribution in [2.45, 2.75) is 90.4 Å². The van der Waals surface area contributed by atoms with Gasteiger partial charge in [0.2, 0.25) is 17.7 Å². The lowest BCUT2D eigenvalue weighted by Gasteiger charge is -2.35. The van der Waals surface area contributed by atoms with Gasteiger partial charge in [-0.15, -0.1) is 0 Å². The number of hydrogen-bond acceptors (Lipinski definition) is 4. The summed E-state index contributed by atoms with van der Waals surface area (Å²) in [5.41, 5.74) is 0. The van der Waals surface area contributed by atoms with Crippen LogP contribution in [0.5, 0.6) is 0 Å². The van der Waals surface area contributed by atoms with Crippen LogP contribution >= 0.6 is 0 Å². The molecule has 2 fully saturated rings. The first-order valence-corrected chi connectivity index (χ1v) is 10.4. The fourth-order valence-corrected chi connectivity index (χ4v) is 3.53. The van der Waals surface area contributed by atoms with Gasteiger partial charge in [0.1, 0.15) is 6.04 Å². The molecular weight excluding hydrogens is 370 g/mol. The largest absolute Gasteiger partial charge is 0.393 e. The predicted octanol–water partition coefficient (Wildman–Crippen LogP) is 2.73. The first-order valence-electron chi connectivity index (χ1n) is 10.4. The van der Waals surface area contributed by atoms with Crippen LogP contribution in [0.1, 0.15) is 66.2 Å². The Balaban J connectivity index is 0.00000190. The Kier molecular flexibility index (Phi) is 10.3. The molecule has 1 saturated carbocycles. The van der Waals surface area contributed by atoms with Crippen molar-refractivity contribution in [1.29, 1.82) is 0 Å². The molecule has 0 radical (unpaired) electrons. The fraction of sp³-hybridized carbons (Fsp3) is 0.900. The smallest absolute Gasteiger partial charge is 0.248 e. The molecule has 6 nitrogen and oxygen atoms in total. The van der Waals surface area contributed by atoms with Gasteiger partial charge in [-0.05, 0) is 38.5 Å². The topological polar surface area (TPSA) is 78.9 Å². The molecule has 1 heterocycles.